The van der Waals surface area contributed by atoms with E-state index in [2.05, 4.69) is 23.8 Å². The largest absolute Gasteiger partial charge is 0.397 e. The lowest BCUT2D eigenvalue weighted by molar-refractivity contribution is -0.120. The van der Waals surface area contributed by atoms with Gasteiger partial charge in [0.1, 0.15) is 11.5 Å². The third kappa shape index (κ3) is 2.67. The minimum atomic E-state index is -0.0418. The summed E-state index contributed by atoms with van der Waals surface area (Å²) >= 11 is 0. The summed E-state index contributed by atoms with van der Waals surface area (Å²) in [4.78, 5) is 20.1. The van der Waals surface area contributed by atoms with Crippen LogP contribution in [0.1, 0.15) is 33.1 Å². The van der Waals surface area contributed by atoms with Crippen LogP contribution in [0.15, 0.2) is 17.3 Å². The van der Waals surface area contributed by atoms with E-state index in [0.717, 1.165) is 12.1 Å². The van der Waals surface area contributed by atoms with E-state index >= 15 is 0 Å². The second kappa shape index (κ2) is 4.40. The first-order valence-corrected chi connectivity index (χ1v) is 5.95. The molecule has 1 heterocycles. The summed E-state index contributed by atoms with van der Waals surface area (Å²) in [5.74, 6) is 0.518. The summed E-state index contributed by atoms with van der Waals surface area (Å²) in [6.07, 6.45) is 3.32. The zero-order chi connectivity index (χ0) is 13.3. The Balaban J connectivity index is 2.36. The van der Waals surface area contributed by atoms with Crippen LogP contribution in [0.2, 0.25) is 0 Å². The number of carbonyl (C=O) groups excluding carboxylic acids is 1. The van der Waals surface area contributed by atoms with Crippen LogP contribution in [-0.4, -0.2) is 16.5 Å². The molecule has 0 radical (unpaired) electrons. The topological polar surface area (TPSA) is 94.4 Å². The zero-order valence-corrected chi connectivity index (χ0v) is 10.7. The molecule has 18 heavy (non-hydrogen) atoms. The second-order valence-corrected chi connectivity index (χ2v) is 5.55. The highest BCUT2D eigenvalue weighted by molar-refractivity contribution is 6.06. The number of carbonyl (C=O) groups is 1. The van der Waals surface area contributed by atoms with Gasteiger partial charge in [-0.05, 0) is 17.9 Å². The van der Waals surface area contributed by atoms with Gasteiger partial charge >= 0.3 is 0 Å². The molecular formula is C13H18N4O. The molecular weight excluding hydrogens is 228 g/mol. The van der Waals surface area contributed by atoms with Crippen molar-refractivity contribution in [1.82, 2.24) is 4.98 Å². The number of nitrogens with two attached hydrogens (primary N) is 2. The van der Waals surface area contributed by atoms with E-state index in [1.807, 2.05) is 0 Å². The molecule has 1 saturated carbocycles. The lowest BCUT2D eigenvalue weighted by Gasteiger charge is -2.29. The standard InChI is InChI=1S/C13H18N4O/c1-13(2)6-8(5-9(18)7-13)17-11-10(14)3-4-16-12(11)15/h3-4H,5-7H2,1-2H3,(H4,14,15,16). The van der Waals surface area contributed by atoms with Crippen LogP contribution in [0.25, 0.3) is 0 Å². The van der Waals surface area contributed by atoms with Gasteiger partial charge in [0.05, 0.1) is 5.69 Å². The van der Waals surface area contributed by atoms with Crippen LogP contribution in [0.3, 0.4) is 0 Å². The summed E-state index contributed by atoms with van der Waals surface area (Å²) < 4.78 is 0. The molecule has 1 aliphatic rings. The van der Waals surface area contributed by atoms with Crippen molar-refractivity contribution in [2.75, 3.05) is 11.5 Å². The van der Waals surface area contributed by atoms with Crippen molar-refractivity contribution in [3.63, 3.8) is 0 Å². The van der Waals surface area contributed by atoms with Gasteiger partial charge in [-0.15, -0.1) is 0 Å². The molecule has 0 atom stereocenters. The molecule has 0 unspecified atom stereocenters. The monoisotopic (exact) mass is 246 g/mol. The number of rotatable bonds is 1. The molecule has 1 fully saturated rings. The molecule has 5 heteroatoms. The molecule has 4 N–H and O–H groups in total. The third-order valence-electron chi connectivity index (χ3n) is 3.01. The molecule has 96 valence electrons. The molecule has 0 amide bonds. The van der Waals surface area contributed by atoms with Crippen molar-refractivity contribution < 1.29 is 4.79 Å². The van der Waals surface area contributed by atoms with E-state index in [9.17, 15) is 4.79 Å². The van der Waals surface area contributed by atoms with Gasteiger partial charge in [0.15, 0.2) is 5.82 Å². The Bertz CT molecular complexity index is 499. The Morgan fingerprint density at radius 2 is 2.06 bits per heavy atom. The van der Waals surface area contributed by atoms with E-state index in [1.54, 1.807) is 12.3 Å². The predicted molar refractivity (Wildman–Crippen MR) is 72.8 cm³/mol. The van der Waals surface area contributed by atoms with Crippen LogP contribution in [0.5, 0.6) is 0 Å². The Labute approximate surface area is 106 Å². The highest BCUT2D eigenvalue weighted by Crippen LogP contribution is 2.35. The highest BCUT2D eigenvalue weighted by Gasteiger charge is 2.30. The maximum atomic E-state index is 11.7. The number of Topliss-reactive ketones (excluding diaryl/α,β-unsaturated/α-hetero) is 1. The minimum Gasteiger partial charge on any atom is -0.397 e. The minimum absolute atomic E-state index is 0.0418. The molecule has 0 spiro atoms. The van der Waals surface area contributed by atoms with Gasteiger partial charge in [0.2, 0.25) is 0 Å². The fourth-order valence-corrected chi connectivity index (χ4v) is 2.35. The van der Waals surface area contributed by atoms with E-state index in [-0.39, 0.29) is 11.2 Å². The zero-order valence-electron chi connectivity index (χ0n) is 10.7. The van der Waals surface area contributed by atoms with Crippen LogP contribution in [-0.2, 0) is 4.79 Å². The summed E-state index contributed by atoms with van der Waals surface area (Å²) in [5.41, 5.74) is 13.4. The quantitative estimate of drug-likeness (QED) is 0.793. The number of nitrogens with zero attached hydrogens (tertiary/aromatic N) is 2. The summed E-state index contributed by atoms with van der Waals surface area (Å²) in [7, 11) is 0. The van der Waals surface area contributed by atoms with E-state index < -0.39 is 0 Å². The van der Waals surface area contributed by atoms with Gasteiger partial charge in [-0.2, -0.15) is 0 Å². The van der Waals surface area contributed by atoms with Crippen LogP contribution in [0.4, 0.5) is 17.2 Å². The molecule has 1 aromatic rings. The summed E-state index contributed by atoms with van der Waals surface area (Å²) in [6, 6.07) is 1.66. The summed E-state index contributed by atoms with van der Waals surface area (Å²) in [6.45, 7) is 4.13. The van der Waals surface area contributed by atoms with E-state index in [0.29, 0.717) is 30.0 Å². The molecule has 0 bridgehead atoms. The third-order valence-corrected chi connectivity index (χ3v) is 3.01. The number of pyridine rings is 1. The van der Waals surface area contributed by atoms with Crippen molar-refractivity contribution in [1.29, 1.82) is 0 Å². The van der Waals surface area contributed by atoms with Crippen molar-refractivity contribution in [3.8, 4) is 0 Å². The van der Waals surface area contributed by atoms with E-state index in [1.165, 1.54) is 0 Å². The average Bonchev–Trinajstić information content (AvgIpc) is 2.21. The molecule has 1 aliphatic carbocycles. The van der Waals surface area contributed by atoms with Crippen LogP contribution in [0, 0.1) is 5.41 Å². The number of aromatic nitrogens is 1. The van der Waals surface area contributed by atoms with Gasteiger partial charge in [-0.25, -0.2) is 4.98 Å². The highest BCUT2D eigenvalue weighted by atomic mass is 16.1. The Kier molecular flexibility index (Phi) is 3.07. The predicted octanol–water partition coefficient (Wildman–Crippen LogP) is 2.10. The normalized spacial score (nSPS) is 21.2. The average molecular weight is 246 g/mol. The first-order valence-electron chi connectivity index (χ1n) is 5.95. The molecule has 0 saturated heterocycles. The second-order valence-electron chi connectivity index (χ2n) is 5.55. The van der Waals surface area contributed by atoms with Crippen molar-refractivity contribution in [2.24, 2.45) is 10.4 Å². The smallest absolute Gasteiger partial charge is 0.151 e. The fourth-order valence-electron chi connectivity index (χ4n) is 2.35. The van der Waals surface area contributed by atoms with Crippen molar-refractivity contribution in [3.05, 3.63) is 12.3 Å². The summed E-state index contributed by atoms with van der Waals surface area (Å²) in [5, 5.41) is 0. The molecule has 0 aromatic carbocycles. The first-order chi connectivity index (χ1) is 8.37. The number of hydrogen-bond donors (Lipinski definition) is 2. The van der Waals surface area contributed by atoms with Gasteiger partial charge < -0.3 is 11.5 Å². The van der Waals surface area contributed by atoms with Crippen LogP contribution >= 0.6 is 0 Å². The number of hydrogen-bond acceptors (Lipinski definition) is 5. The van der Waals surface area contributed by atoms with Gasteiger partial charge in [0, 0.05) is 24.8 Å². The molecule has 1 aromatic heterocycles. The number of aliphatic imine (C=N–C) groups is 1. The molecule has 2 rings (SSSR count). The van der Waals surface area contributed by atoms with Crippen molar-refractivity contribution in [2.45, 2.75) is 33.1 Å². The maximum Gasteiger partial charge on any atom is 0.151 e. The van der Waals surface area contributed by atoms with Gasteiger partial charge in [0.25, 0.3) is 0 Å². The molecule has 0 aliphatic heterocycles. The first kappa shape index (κ1) is 12.5. The van der Waals surface area contributed by atoms with Crippen LogP contribution < -0.4 is 11.5 Å². The number of ketones is 1. The Hall–Kier alpha value is -1.91. The SMILES string of the molecule is CC1(C)CC(=O)CC(=Nc2c(N)ccnc2N)C1. The van der Waals surface area contributed by atoms with Crippen molar-refractivity contribution >= 4 is 28.7 Å². The fraction of sp³-hybridized carbons (Fsp3) is 0.462. The molecule has 5 nitrogen and oxygen atoms in total. The maximum absolute atomic E-state index is 11.7. The van der Waals surface area contributed by atoms with Gasteiger partial charge in [-0.3, -0.25) is 9.79 Å². The van der Waals surface area contributed by atoms with Gasteiger partial charge in [-0.1, -0.05) is 13.8 Å². The number of anilines is 2. The van der Waals surface area contributed by atoms with E-state index in [4.69, 9.17) is 11.5 Å². The Morgan fingerprint density at radius 3 is 2.67 bits per heavy atom. The lowest BCUT2D eigenvalue weighted by atomic mass is 9.76. The Morgan fingerprint density at radius 1 is 1.33 bits per heavy atom. The lowest BCUT2D eigenvalue weighted by Crippen LogP contribution is -2.29. The number of nitrogen functional groups attached to an aromatic ring is 2.